The number of hydrogen-bond donors (Lipinski definition) is 1. The second-order valence-electron chi connectivity index (χ2n) is 5.27. The SMILES string of the molecule is COc1ccc(F)cc1C(=O)N1CCCC(C)C1CN.Cl. The molecule has 0 bridgehead atoms. The molecule has 6 heteroatoms. The van der Waals surface area contributed by atoms with Crippen molar-refractivity contribution in [2.45, 2.75) is 25.8 Å². The summed E-state index contributed by atoms with van der Waals surface area (Å²) < 4.78 is 18.6. The quantitative estimate of drug-likeness (QED) is 0.932. The maximum Gasteiger partial charge on any atom is 0.258 e. The third kappa shape index (κ3) is 3.66. The summed E-state index contributed by atoms with van der Waals surface area (Å²) in [6.07, 6.45) is 2.01. The Kier molecular flexibility index (Phi) is 6.42. The normalized spacial score (nSPS) is 21.6. The fraction of sp³-hybridized carbons (Fsp3) is 0.533. The van der Waals surface area contributed by atoms with E-state index in [0.717, 1.165) is 12.8 Å². The predicted octanol–water partition coefficient (Wildman–Crippen LogP) is 2.46. The summed E-state index contributed by atoms with van der Waals surface area (Å²) in [5.74, 6) is 0.106. The molecule has 0 saturated carbocycles. The highest BCUT2D eigenvalue weighted by Gasteiger charge is 2.32. The maximum absolute atomic E-state index is 13.4. The molecule has 1 aliphatic rings. The van der Waals surface area contributed by atoms with E-state index in [0.29, 0.717) is 24.8 Å². The van der Waals surface area contributed by atoms with Gasteiger partial charge in [-0.15, -0.1) is 12.4 Å². The molecule has 1 aromatic carbocycles. The van der Waals surface area contributed by atoms with Crippen LogP contribution in [0.25, 0.3) is 0 Å². The van der Waals surface area contributed by atoms with E-state index in [9.17, 15) is 9.18 Å². The molecule has 1 aliphatic heterocycles. The van der Waals surface area contributed by atoms with Crippen molar-refractivity contribution in [1.82, 2.24) is 4.90 Å². The molecule has 2 atom stereocenters. The summed E-state index contributed by atoms with van der Waals surface area (Å²) in [7, 11) is 1.48. The predicted molar refractivity (Wildman–Crippen MR) is 82.5 cm³/mol. The minimum Gasteiger partial charge on any atom is -0.496 e. The van der Waals surface area contributed by atoms with Gasteiger partial charge >= 0.3 is 0 Å². The minimum absolute atomic E-state index is 0. The molecule has 1 amide bonds. The van der Waals surface area contributed by atoms with E-state index in [2.05, 4.69) is 6.92 Å². The van der Waals surface area contributed by atoms with E-state index >= 15 is 0 Å². The van der Waals surface area contributed by atoms with Crippen LogP contribution in [0, 0.1) is 11.7 Å². The average Bonchev–Trinajstić information content (AvgIpc) is 2.46. The molecule has 1 heterocycles. The highest BCUT2D eigenvalue weighted by Crippen LogP contribution is 2.27. The smallest absolute Gasteiger partial charge is 0.258 e. The molecule has 4 nitrogen and oxygen atoms in total. The van der Waals surface area contributed by atoms with E-state index in [1.54, 1.807) is 4.90 Å². The topological polar surface area (TPSA) is 55.6 Å². The average molecular weight is 317 g/mol. The molecule has 0 radical (unpaired) electrons. The van der Waals surface area contributed by atoms with E-state index in [-0.39, 0.29) is 29.9 Å². The van der Waals surface area contributed by atoms with E-state index in [1.165, 1.54) is 25.3 Å². The fourth-order valence-electron chi connectivity index (χ4n) is 2.86. The lowest BCUT2D eigenvalue weighted by molar-refractivity contribution is 0.0529. The zero-order chi connectivity index (χ0) is 14.7. The number of halogens is 2. The summed E-state index contributed by atoms with van der Waals surface area (Å²) >= 11 is 0. The monoisotopic (exact) mass is 316 g/mol. The Morgan fingerprint density at radius 1 is 1.52 bits per heavy atom. The van der Waals surface area contributed by atoms with Crippen LogP contribution in [0.4, 0.5) is 4.39 Å². The lowest BCUT2D eigenvalue weighted by Gasteiger charge is -2.39. The first-order chi connectivity index (χ1) is 9.58. The van der Waals surface area contributed by atoms with Crippen molar-refractivity contribution in [3.05, 3.63) is 29.6 Å². The molecule has 1 fully saturated rings. The number of benzene rings is 1. The number of methoxy groups -OCH3 is 1. The number of piperidine rings is 1. The number of nitrogens with two attached hydrogens (primary N) is 1. The Bertz CT molecular complexity index is 499. The van der Waals surface area contributed by atoms with Crippen LogP contribution < -0.4 is 10.5 Å². The van der Waals surface area contributed by atoms with Crippen LogP contribution in [-0.4, -0.2) is 37.0 Å². The van der Waals surface area contributed by atoms with Gasteiger partial charge in [0.25, 0.3) is 5.91 Å². The molecule has 1 saturated heterocycles. The zero-order valence-corrected chi connectivity index (χ0v) is 13.2. The van der Waals surface area contributed by atoms with Gasteiger partial charge < -0.3 is 15.4 Å². The first-order valence-corrected chi connectivity index (χ1v) is 6.93. The van der Waals surface area contributed by atoms with Crippen LogP contribution in [0.15, 0.2) is 18.2 Å². The van der Waals surface area contributed by atoms with Crippen molar-refractivity contribution in [3.63, 3.8) is 0 Å². The number of rotatable bonds is 3. The number of hydrogen-bond acceptors (Lipinski definition) is 3. The summed E-state index contributed by atoms with van der Waals surface area (Å²) in [4.78, 5) is 14.4. The Hall–Kier alpha value is -1.33. The fourth-order valence-corrected chi connectivity index (χ4v) is 2.86. The molecule has 2 N–H and O–H groups in total. The van der Waals surface area contributed by atoms with Crippen LogP contribution in [0.3, 0.4) is 0 Å². The lowest BCUT2D eigenvalue weighted by atomic mass is 9.90. The highest BCUT2D eigenvalue weighted by atomic mass is 35.5. The maximum atomic E-state index is 13.4. The van der Waals surface area contributed by atoms with Crippen molar-refractivity contribution in [2.75, 3.05) is 20.2 Å². The van der Waals surface area contributed by atoms with Crippen LogP contribution in [0.5, 0.6) is 5.75 Å². The van der Waals surface area contributed by atoms with Gasteiger partial charge in [0, 0.05) is 19.1 Å². The Morgan fingerprint density at radius 2 is 2.24 bits per heavy atom. The molecule has 0 aromatic heterocycles. The van der Waals surface area contributed by atoms with E-state index in [1.807, 2.05) is 0 Å². The standard InChI is InChI=1S/C15H21FN2O2.ClH/c1-10-4-3-7-18(13(10)9-17)15(19)12-8-11(16)5-6-14(12)20-2;/h5-6,8,10,13H,3-4,7,9,17H2,1-2H3;1H. The Labute approximate surface area is 130 Å². The molecule has 118 valence electrons. The Morgan fingerprint density at radius 3 is 2.86 bits per heavy atom. The number of carbonyl (C=O) groups excluding carboxylic acids is 1. The van der Waals surface area contributed by atoms with Gasteiger partial charge in [-0.3, -0.25) is 4.79 Å². The number of likely N-dealkylation sites (tertiary alicyclic amines) is 1. The first-order valence-electron chi connectivity index (χ1n) is 6.93. The molecule has 0 aliphatic carbocycles. The second-order valence-corrected chi connectivity index (χ2v) is 5.27. The summed E-state index contributed by atoms with van der Waals surface area (Å²) in [6, 6.07) is 4.00. The van der Waals surface area contributed by atoms with Crippen LogP contribution >= 0.6 is 12.4 Å². The van der Waals surface area contributed by atoms with Crippen molar-refractivity contribution in [3.8, 4) is 5.75 Å². The van der Waals surface area contributed by atoms with Gasteiger partial charge in [-0.25, -0.2) is 4.39 Å². The number of nitrogens with zero attached hydrogens (tertiary/aromatic N) is 1. The molecular formula is C15H22ClFN2O2. The van der Waals surface area contributed by atoms with Gasteiger partial charge in [0.1, 0.15) is 11.6 Å². The summed E-state index contributed by atoms with van der Waals surface area (Å²) in [5, 5.41) is 0. The minimum atomic E-state index is -0.441. The van der Waals surface area contributed by atoms with Gasteiger partial charge in [-0.05, 0) is 37.0 Å². The van der Waals surface area contributed by atoms with Crippen molar-refractivity contribution in [1.29, 1.82) is 0 Å². The van der Waals surface area contributed by atoms with Crippen LogP contribution in [-0.2, 0) is 0 Å². The van der Waals surface area contributed by atoms with E-state index < -0.39 is 5.82 Å². The number of amides is 1. The molecule has 2 rings (SSSR count). The molecule has 0 spiro atoms. The van der Waals surface area contributed by atoms with Crippen molar-refractivity contribution in [2.24, 2.45) is 11.7 Å². The number of carbonyl (C=O) groups is 1. The highest BCUT2D eigenvalue weighted by molar-refractivity contribution is 5.97. The molecule has 1 aromatic rings. The number of ether oxygens (including phenoxy) is 1. The zero-order valence-electron chi connectivity index (χ0n) is 12.3. The van der Waals surface area contributed by atoms with Gasteiger partial charge in [-0.2, -0.15) is 0 Å². The molecule has 2 unspecified atom stereocenters. The molecular weight excluding hydrogens is 295 g/mol. The third-order valence-electron chi connectivity index (χ3n) is 4.01. The van der Waals surface area contributed by atoms with E-state index in [4.69, 9.17) is 10.5 Å². The second kappa shape index (κ2) is 7.61. The van der Waals surface area contributed by atoms with Crippen molar-refractivity contribution >= 4 is 18.3 Å². The van der Waals surface area contributed by atoms with Crippen LogP contribution in [0.1, 0.15) is 30.1 Å². The Balaban J connectivity index is 0.00000220. The van der Waals surface area contributed by atoms with Gasteiger partial charge in [0.2, 0.25) is 0 Å². The van der Waals surface area contributed by atoms with Crippen LogP contribution in [0.2, 0.25) is 0 Å². The lowest BCUT2D eigenvalue weighted by Crippen LogP contribution is -2.51. The summed E-state index contributed by atoms with van der Waals surface area (Å²) in [6.45, 7) is 3.18. The third-order valence-corrected chi connectivity index (χ3v) is 4.01. The largest absolute Gasteiger partial charge is 0.496 e. The summed E-state index contributed by atoms with van der Waals surface area (Å²) in [5.41, 5.74) is 6.07. The van der Waals surface area contributed by atoms with Gasteiger partial charge in [0.15, 0.2) is 0 Å². The molecule has 21 heavy (non-hydrogen) atoms. The van der Waals surface area contributed by atoms with Gasteiger partial charge in [0.05, 0.1) is 12.7 Å². The van der Waals surface area contributed by atoms with Crippen molar-refractivity contribution < 1.29 is 13.9 Å². The first kappa shape index (κ1) is 17.7. The van der Waals surface area contributed by atoms with Gasteiger partial charge in [-0.1, -0.05) is 6.92 Å².